The zero-order valence-electron chi connectivity index (χ0n) is 17.6. The molecule has 28 heavy (non-hydrogen) atoms. The largest absolute Gasteiger partial charge is 0.341 e. The molecule has 3 fully saturated rings. The highest BCUT2D eigenvalue weighted by Gasteiger charge is 2.55. The molecule has 0 aromatic carbocycles. The molecule has 1 aromatic rings. The molecule has 4 rings (SSSR count). The summed E-state index contributed by atoms with van der Waals surface area (Å²) in [5, 5.41) is 0. The lowest BCUT2D eigenvalue weighted by molar-refractivity contribution is -0.146. The molecule has 1 aromatic heterocycles. The van der Waals surface area contributed by atoms with Gasteiger partial charge in [-0.05, 0) is 57.3 Å². The molecule has 3 heterocycles. The van der Waals surface area contributed by atoms with Gasteiger partial charge in [-0.15, -0.1) is 0 Å². The zero-order valence-corrected chi connectivity index (χ0v) is 17.6. The van der Waals surface area contributed by atoms with Gasteiger partial charge in [-0.25, -0.2) is 0 Å². The molecule has 0 radical (unpaired) electrons. The van der Waals surface area contributed by atoms with Gasteiger partial charge in [0.25, 0.3) is 0 Å². The van der Waals surface area contributed by atoms with Crippen molar-refractivity contribution in [2.45, 2.75) is 44.4 Å². The van der Waals surface area contributed by atoms with Crippen LogP contribution in [0.15, 0.2) is 24.5 Å². The highest BCUT2D eigenvalue weighted by atomic mass is 16.2. The second-order valence-electron chi connectivity index (χ2n) is 9.54. The standard InChI is InChI=1S/C23H36N4O/c1-25(2)13-14-27-12-6-10-23(22(27)28)18-26(16-19-7-3-4-8-19)17-21(23)20-9-5-11-24-15-20/h5,9,11,15,19,21H,3-4,6-8,10,12-14,16-18H2,1-2H3. The predicted molar refractivity (Wildman–Crippen MR) is 112 cm³/mol. The van der Waals surface area contributed by atoms with Crippen LogP contribution in [0.2, 0.25) is 0 Å². The molecule has 2 atom stereocenters. The van der Waals surface area contributed by atoms with E-state index in [1.807, 2.05) is 18.5 Å². The first-order valence-corrected chi connectivity index (χ1v) is 11.1. The predicted octanol–water partition coefficient (Wildman–Crippen LogP) is 2.84. The van der Waals surface area contributed by atoms with Gasteiger partial charge in [-0.2, -0.15) is 0 Å². The first-order valence-electron chi connectivity index (χ1n) is 11.1. The Hall–Kier alpha value is -1.46. The van der Waals surface area contributed by atoms with Gasteiger partial charge >= 0.3 is 0 Å². The van der Waals surface area contributed by atoms with E-state index in [9.17, 15) is 4.79 Å². The molecule has 1 aliphatic carbocycles. The third kappa shape index (κ3) is 3.97. The summed E-state index contributed by atoms with van der Waals surface area (Å²) < 4.78 is 0. The molecule has 2 aliphatic heterocycles. The first-order chi connectivity index (χ1) is 13.6. The monoisotopic (exact) mass is 384 g/mol. The lowest BCUT2D eigenvalue weighted by Crippen LogP contribution is -2.53. The Balaban J connectivity index is 1.57. The Kier molecular flexibility index (Phi) is 6.02. The smallest absolute Gasteiger partial charge is 0.230 e. The molecule has 0 N–H and O–H groups in total. The van der Waals surface area contributed by atoms with Crippen molar-refractivity contribution in [1.29, 1.82) is 0 Å². The summed E-state index contributed by atoms with van der Waals surface area (Å²) in [6.45, 7) is 5.80. The minimum absolute atomic E-state index is 0.258. The Bertz CT molecular complexity index is 658. The van der Waals surface area contributed by atoms with Crippen LogP contribution in [-0.4, -0.2) is 79.0 Å². The van der Waals surface area contributed by atoms with Gasteiger partial charge in [0, 0.05) is 57.6 Å². The van der Waals surface area contributed by atoms with E-state index >= 15 is 0 Å². The Morgan fingerprint density at radius 3 is 2.79 bits per heavy atom. The summed E-state index contributed by atoms with van der Waals surface area (Å²) in [7, 11) is 4.17. The van der Waals surface area contributed by atoms with Crippen molar-refractivity contribution in [3.05, 3.63) is 30.1 Å². The van der Waals surface area contributed by atoms with Crippen molar-refractivity contribution >= 4 is 5.91 Å². The minimum Gasteiger partial charge on any atom is -0.341 e. The number of carbonyl (C=O) groups excluding carboxylic acids is 1. The van der Waals surface area contributed by atoms with Gasteiger partial charge in [0.2, 0.25) is 5.91 Å². The zero-order chi connectivity index (χ0) is 19.6. The van der Waals surface area contributed by atoms with Gasteiger partial charge in [0.05, 0.1) is 5.41 Å². The molecule has 2 saturated heterocycles. The van der Waals surface area contributed by atoms with Crippen LogP contribution >= 0.6 is 0 Å². The molecule has 5 heteroatoms. The normalized spacial score (nSPS) is 29.5. The van der Waals surface area contributed by atoms with Crippen LogP contribution in [0.5, 0.6) is 0 Å². The SMILES string of the molecule is CN(C)CCN1CCCC2(CN(CC3CCCC3)CC2c2cccnc2)C1=O. The number of amides is 1. The number of likely N-dealkylation sites (N-methyl/N-ethyl adjacent to an activating group) is 1. The lowest BCUT2D eigenvalue weighted by atomic mass is 9.69. The molecular formula is C23H36N4O. The summed E-state index contributed by atoms with van der Waals surface area (Å²) >= 11 is 0. The molecule has 1 spiro atoms. The fraction of sp³-hybridized carbons (Fsp3) is 0.739. The maximum absolute atomic E-state index is 13.8. The number of aromatic nitrogens is 1. The Labute approximate surface area is 170 Å². The summed E-state index contributed by atoms with van der Waals surface area (Å²) in [5.74, 6) is 1.49. The van der Waals surface area contributed by atoms with E-state index < -0.39 is 0 Å². The second kappa shape index (κ2) is 8.50. The quantitative estimate of drug-likeness (QED) is 0.756. The number of carbonyl (C=O) groups is 1. The van der Waals surface area contributed by atoms with E-state index in [-0.39, 0.29) is 11.3 Å². The fourth-order valence-corrected chi connectivity index (χ4v) is 5.82. The van der Waals surface area contributed by atoms with E-state index in [2.05, 4.69) is 39.8 Å². The number of hydrogen-bond donors (Lipinski definition) is 0. The average Bonchev–Trinajstić information content (AvgIpc) is 3.32. The summed E-state index contributed by atoms with van der Waals surface area (Å²) in [4.78, 5) is 25.1. The van der Waals surface area contributed by atoms with E-state index in [4.69, 9.17) is 0 Å². The maximum atomic E-state index is 13.8. The van der Waals surface area contributed by atoms with Crippen molar-refractivity contribution in [1.82, 2.24) is 19.7 Å². The van der Waals surface area contributed by atoms with Crippen LogP contribution in [0.25, 0.3) is 0 Å². The van der Waals surface area contributed by atoms with Crippen molar-refractivity contribution in [2.75, 3.05) is 53.4 Å². The first kappa shape index (κ1) is 19.8. The highest BCUT2D eigenvalue weighted by molar-refractivity contribution is 5.85. The van der Waals surface area contributed by atoms with E-state index in [1.165, 1.54) is 37.8 Å². The van der Waals surface area contributed by atoms with Gasteiger partial charge < -0.3 is 14.7 Å². The fourth-order valence-electron chi connectivity index (χ4n) is 5.82. The average molecular weight is 385 g/mol. The van der Waals surface area contributed by atoms with Gasteiger partial charge in [0.1, 0.15) is 0 Å². The summed E-state index contributed by atoms with van der Waals surface area (Å²) in [5.41, 5.74) is 0.992. The summed E-state index contributed by atoms with van der Waals surface area (Å²) in [6, 6.07) is 4.21. The molecule has 1 saturated carbocycles. The van der Waals surface area contributed by atoms with E-state index in [0.29, 0.717) is 5.91 Å². The molecular weight excluding hydrogens is 348 g/mol. The molecule has 3 aliphatic rings. The van der Waals surface area contributed by atoms with Gasteiger partial charge in [0.15, 0.2) is 0 Å². The van der Waals surface area contributed by atoms with Crippen LogP contribution < -0.4 is 0 Å². The molecule has 1 amide bonds. The second-order valence-corrected chi connectivity index (χ2v) is 9.54. The van der Waals surface area contributed by atoms with Gasteiger partial charge in [-0.1, -0.05) is 18.9 Å². The third-order valence-corrected chi connectivity index (χ3v) is 7.27. The third-order valence-electron chi connectivity index (χ3n) is 7.27. The molecule has 0 bridgehead atoms. The number of pyridine rings is 1. The Morgan fingerprint density at radius 1 is 1.25 bits per heavy atom. The van der Waals surface area contributed by atoms with Crippen molar-refractivity contribution in [3.63, 3.8) is 0 Å². The van der Waals surface area contributed by atoms with E-state index in [1.54, 1.807) is 0 Å². The number of likely N-dealkylation sites (tertiary alicyclic amines) is 2. The number of hydrogen-bond acceptors (Lipinski definition) is 4. The van der Waals surface area contributed by atoms with Crippen LogP contribution in [0.3, 0.4) is 0 Å². The lowest BCUT2D eigenvalue weighted by Gasteiger charge is -2.43. The molecule has 2 unspecified atom stereocenters. The number of piperidine rings is 1. The highest BCUT2D eigenvalue weighted by Crippen LogP contribution is 2.49. The van der Waals surface area contributed by atoms with E-state index in [0.717, 1.165) is 51.5 Å². The minimum atomic E-state index is -0.258. The maximum Gasteiger partial charge on any atom is 0.230 e. The van der Waals surface area contributed by atoms with Crippen LogP contribution in [0.1, 0.15) is 50.0 Å². The molecule has 5 nitrogen and oxygen atoms in total. The van der Waals surface area contributed by atoms with Crippen molar-refractivity contribution in [3.8, 4) is 0 Å². The summed E-state index contributed by atoms with van der Waals surface area (Å²) in [6.07, 6.45) is 11.5. The van der Waals surface area contributed by atoms with Crippen molar-refractivity contribution in [2.24, 2.45) is 11.3 Å². The van der Waals surface area contributed by atoms with Crippen LogP contribution in [-0.2, 0) is 4.79 Å². The van der Waals surface area contributed by atoms with Crippen LogP contribution in [0.4, 0.5) is 0 Å². The van der Waals surface area contributed by atoms with Crippen LogP contribution in [0, 0.1) is 11.3 Å². The topological polar surface area (TPSA) is 39.7 Å². The number of rotatable bonds is 6. The Morgan fingerprint density at radius 2 is 2.07 bits per heavy atom. The number of nitrogens with zero attached hydrogens (tertiary/aromatic N) is 4. The van der Waals surface area contributed by atoms with Gasteiger partial charge in [-0.3, -0.25) is 9.78 Å². The van der Waals surface area contributed by atoms with Crippen molar-refractivity contribution < 1.29 is 4.79 Å². The molecule has 154 valence electrons.